The molecule has 80 valence electrons. The lowest BCUT2D eigenvalue weighted by Gasteiger charge is -2.32. The van der Waals surface area contributed by atoms with Crippen LogP contribution < -0.4 is 10.6 Å². The smallest absolute Gasteiger partial charge is 0.225 e. The van der Waals surface area contributed by atoms with Gasteiger partial charge in [0.1, 0.15) is 0 Å². The van der Waals surface area contributed by atoms with Crippen molar-refractivity contribution in [3.63, 3.8) is 0 Å². The summed E-state index contributed by atoms with van der Waals surface area (Å²) in [5.41, 5.74) is 6.06. The van der Waals surface area contributed by atoms with Gasteiger partial charge in [-0.25, -0.2) is 9.97 Å². The third-order valence-electron chi connectivity index (χ3n) is 2.40. The Labute approximate surface area is 87.7 Å². The van der Waals surface area contributed by atoms with Crippen LogP contribution in [0.1, 0.15) is 0 Å². The molecule has 6 heteroatoms. The Kier molecular flexibility index (Phi) is 2.66. The van der Waals surface area contributed by atoms with Crippen LogP contribution in [0.25, 0.3) is 0 Å². The fourth-order valence-electron chi connectivity index (χ4n) is 1.52. The molecule has 1 amide bonds. The van der Waals surface area contributed by atoms with Crippen LogP contribution in [0.4, 0.5) is 11.6 Å². The minimum atomic E-state index is 0.560. The molecule has 6 nitrogen and oxygen atoms in total. The van der Waals surface area contributed by atoms with E-state index in [2.05, 4.69) is 9.97 Å². The number of aromatic nitrogens is 2. The van der Waals surface area contributed by atoms with Crippen LogP contribution >= 0.6 is 0 Å². The molecule has 2 heterocycles. The highest BCUT2D eigenvalue weighted by atomic mass is 16.1. The van der Waals surface area contributed by atoms with E-state index in [0.29, 0.717) is 11.6 Å². The molecule has 1 aliphatic heterocycles. The summed E-state index contributed by atoms with van der Waals surface area (Å²) < 4.78 is 0. The van der Waals surface area contributed by atoms with Crippen molar-refractivity contribution in [2.75, 3.05) is 36.8 Å². The standard InChI is InChI=1S/C9H13N5O/c10-8-5-11-9(12-6-8)14-3-1-13(7-15)2-4-14/h5-7H,1-4,10H2. The zero-order valence-electron chi connectivity index (χ0n) is 8.33. The first-order valence-corrected chi connectivity index (χ1v) is 4.81. The number of carbonyl (C=O) groups excluding carboxylic acids is 1. The maximum Gasteiger partial charge on any atom is 0.225 e. The van der Waals surface area contributed by atoms with Crippen LogP contribution in [-0.2, 0) is 4.79 Å². The van der Waals surface area contributed by atoms with Gasteiger partial charge in [0, 0.05) is 26.2 Å². The molecule has 2 N–H and O–H groups in total. The first-order valence-electron chi connectivity index (χ1n) is 4.81. The van der Waals surface area contributed by atoms with Crippen LogP contribution in [0, 0.1) is 0 Å². The van der Waals surface area contributed by atoms with Gasteiger partial charge in [-0.3, -0.25) is 4.79 Å². The molecule has 1 fully saturated rings. The summed E-state index contributed by atoms with van der Waals surface area (Å²) in [5, 5.41) is 0. The third kappa shape index (κ3) is 2.15. The molecule has 0 atom stereocenters. The number of anilines is 2. The lowest BCUT2D eigenvalue weighted by Crippen LogP contribution is -2.46. The molecule has 1 aromatic heterocycles. The monoisotopic (exact) mass is 207 g/mol. The number of hydrogen-bond donors (Lipinski definition) is 1. The van der Waals surface area contributed by atoms with Gasteiger partial charge in [-0.05, 0) is 0 Å². The highest BCUT2D eigenvalue weighted by Gasteiger charge is 2.17. The van der Waals surface area contributed by atoms with Gasteiger partial charge in [0.15, 0.2) is 0 Å². The number of piperazine rings is 1. The van der Waals surface area contributed by atoms with E-state index in [1.54, 1.807) is 17.3 Å². The van der Waals surface area contributed by atoms with Crippen molar-refractivity contribution in [1.82, 2.24) is 14.9 Å². The van der Waals surface area contributed by atoms with Gasteiger partial charge in [0.25, 0.3) is 0 Å². The van der Waals surface area contributed by atoms with Crippen molar-refractivity contribution >= 4 is 18.0 Å². The predicted octanol–water partition coefficient (Wildman–Crippen LogP) is -0.663. The number of rotatable bonds is 2. The van der Waals surface area contributed by atoms with Gasteiger partial charge in [0.2, 0.25) is 12.4 Å². The van der Waals surface area contributed by atoms with E-state index in [-0.39, 0.29) is 0 Å². The summed E-state index contributed by atoms with van der Waals surface area (Å²) in [6.07, 6.45) is 4.06. The minimum Gasteiger partial charge on any atom is -0.396 e. The van der Waals surface area contributed by atoms with E-state index >= 15 is 0 Å². The van der Waals surface area contributed by atoms with Crippen molar-refractivity contribution in [2.24, 2.45) is 0 Å². The number of nitrogens with zero attached hydrogens (tertiary/aromatic N) is 4. The van der Waals surface area contributed by atoms with Gasteiger partial charge in [-0.1, -0.05) is 0 Å². The molecule has 0 radical (unpaired) electrons. The Morgan fingerprint density at radius 3 is 2.33 bits per heavy atom. The average molecular weight is 207 g/mol. The van der Waals surface area contributed by atoms with E-state index in [9.17, 15) is 4.79 Å². The maximum absolute atomic E-state index is 10.5. The Bertz CT molecular complexity index is 331. The van der Waals surface area contributed by atoms with Crippen LogP contribution in [0.5, 0.6) is 0 Å². The van der Waals surface area contributed by atoms with Gasteiger partial charge >= 0.3 is 0 Å². The summed E-state index contributed by atoms with van der Waals surface area (Å²) in [4.78, 5) is 22.6. The average Bonchev–Trinajstić information content (AvgIpc) is 2.30. The van der Waals surface area contributed by atoms with Crippen LogP contribution in [0.15, 0.2) is 12.4 Å². The summed E-state index contributed by atoms with van der Waals surface area (Å²) in [6, 6.07) is 0. The van der Waals surface area contributed by atoms with Crippen molar-refractivity contribution in [3.8, 4) is 0 Å². The molecule has 0 bridgehead atoms. The number of nitrogens with two attached hydrogens (primary N) is 1. The summed E-state index contributed by atoms with van der Waals surface area (Å²) in [7, 11) is 0. The molecule has 1 aromatic rings. The first-order chi connectivity index (χ1) is 7.29. The summed E-state index contributed by atoms with van der Waals surface area (Å²) in [5.74, 6) is 0.676. The Hall–Kier alpha value is -1.85. The topological polar surface area (TPSA) is 75.3 Å². The van der Waals surface area contributed by atoms with Crippen LogP contribution in [-0.4, -0.2) is 47.5 Å². The molecule has 0 aliphatic carbocycles. The van der Waals surface area contributed by atoms with E-state index in [0.717, 1.165) is 32.6 Å². The number of nitrogen functional groups attached to an aromatic ring is 1. The Balaban J connectivity index is 2.01. The zero-order chi connectivity index (χ0) is 10.7. The van der Waals surface area contributed by atoms with Gasteiger partial charge < -0.3 is 15.5 Å². The molecule has 2 rings (SSSR count). The zero-order valence-corrected chi connectivity index (χ0v) is 8.33. The van der Waals surface area contributed by atoms with Gasteiger partial charge in [-0.15, -0.1) is 0 Å². The van der Waals surface area contributed by atoms with E-state index in [4.69, 9.17) is 5.73 Å². The molecule has 0 aromatic carbocycles. The van der Waals surface area contributed by atoms with Gasteiger partial charge in [0.05, 0.1) is 18.1 Å². The second-order valence-corrected chi connectivity index (χ2v) is 3.44. The second kappa shape index (κ2) is 4.12. The summed E-state index contributed by atoms with van der Waals surface area (Å²) >= 11 is 0. The van der Waals surface area contributed by atoms with E-state index in [1.165, 1.54) is 0 Å². The van der Waals surface area contributed by atoms with E-state index < -0.39 is 0 Å². The minimum absolute atomic E-state index is 0.560. The van der Waals surface area contributed by atoms with Crippen molar-refractivity contribution in [2.45, 2.75) is 0 Å². The number of amides is 1. The first kappa shape index (κ1) is 9.70. The third-order valence-corrected chi connectivity index (χ3v) is 2.40. The highest BCUT2D eigenvalue weighted by Crippen LogP contribution is 2.10. The van der Waals surface area contributed by atoms with Gasteiger partial charge in [-0.2, -0.15) is 0 Å². The Morgan fingerprint density at radius 1 is 1.20 bits per heavy atom. The quantitative estimate of drug-likeness (QED) is 0.651. The number of carbonyl (C=O) groups is 1. The predicted molar refractivity (Wildman–Crippen MR) is 56.3 cm³/mol. The lowest BCUT2D eigenvalue weighted by molar-refractivity contribution is -0.118. The Morgan fingerprint density at radius 2 is 1.80 bits per heavy atom. The molecule has 1 saturated heterocycles. The summed E-state index contributed by atoms with van der Waals surface area (Å²) in [6.45, 7) is 2.97. The normalized spacial score (nSPS) is 16.5. The molecule has 0 saturated carbocycles. The number of hydrogen-bond acceptors (Lipinski definition) is 5. The van der Waals surface area contributed by atoms with Crippen molar-refractivity contribution in [1.29, 1.82) is 0 Å². The fourth-order valence-corrected chi connectivity index (χ4v) is 1.52. The molecule has 1 aliphatic rings. The largest absolute Gasteiger partial charge is 0.396 e. The second-order valence-electron chi connectivity index (χ2n) is 3.44. The highest BCUT2D eigenvalue weighted by molar-refractivity contribution is 5.48. The molecule has 0 spiro atoms. The van der Waals surface area contributed by atoms with E-state index in [1.807, 2.05) is 4.90 Å². The molecular weight excluding hydrogens is 194 g/mol. The molecule has 15 heavy (non-hydrogen) atoms. The van der Waals surface area contributed by atoms with Crippen molar-refractivity contribution in [3.05, 3.63) is 12.4 Å². The lowest BCUT2D eigenvalue weighted by atomic mass is 10.3. The van der Waals surface area contributed by atoms with Crippen molar-refractivity contribution < 1.29 is 4.79 Å². The maximum atomic E-state index is 10.5. The molecule has 0 unspecified atom stereocenters. The van der Waals surface area contributed by atoms with Crippen LogP contribution in [0.2, 0.25) is 0 Å². The SMILES string of the molecule is Nc1cnc(N2CCN(C=O)CC2)nc1. The van der Waals surface area contributed by atoms with Crippen LogP contribution in [0.3, 0.4) is 0 Å². The fraction of sp³-hybridized carbons (Fsp3) is 0.444. The molecular formula is C9H13N5O.